The van der Waals surface area contributed by atoms with Crippen LogP contribution in [-0.2, 0) is 0 Å². The zero-order chi connectivity index (χ0) is 14.6. The highest BCUT2D eigenvalue weighted by atomic mass is 16.5. The molecular formula is C17H26N2O. The van der Waals surface area contributed by atoms with E-state index in [-0.39, 0.29) is 0 Å². The van der Waals surface area contributed by atoms with E-state index in [1.54, 1.807) is 0 Å². The predicted molar refractivity (Wildman–Crippen MR) is 84.0 cm³/mol. The molecule has 1 atom stereocenters. The molecule has 110 valence electrons. The monoisotopic (exact) mass is 274 g/mol. The van der Waals surface area contributed by atoms with Crippen molar-refractivity contribution in [2.45, 2.75) is 58.4 Å². The van der Waals surface area contributed by atoms with Crippen LogP contribution in [0.15, 0.2) is 24.3 Å². The van der Waals surface area contributed by atoms with Crippen molar-refractivity contribution in [2.24, 2.45) is 0 Å². The smallest absolute Gasteiger partial charge is 0.121 e. The van der Waals surface area contributed by atoms with Gasteiger partial charge in [-0.2, -0.15) is 5.26 Å². The van der Waals surface area contributed by atoms with Crippen LogP contribution in [0.25, 0.3) is 0 Å². The molecule has 0 radical (unpaired) electrons. The number of nitriles is 1. The standard InChI is InChI=1S/C17H26N2O/c1-3-5-9-15(4-2)19-16-10-8-11-17(14-16)20-13-7-6-12-18/h8,10-11,14-15,19H,3-7,9,13H2,1-2H3. The second-order valence-electron chi connectivity index (χ2n) is 5.03. The van der Waals surface area contributed by atoms with Gasteiger partial charge in [-0.1, -0.05) is 32.8 Å². The highest BCUT2D eigenvalue weighted by Gasteiger charge is 2.06. The Bertz CT molecular complexity index is 412. The Labute approximate surface area is 123 Å². The number of hydrogen-bond acceptors (Lipinski definition) is 3. The third-order valence-corrected chi connectivity index (χ3v) is 3.31. The third kappa shape index (κ3) is 6.47. The van der Waals surface area contributed by atoms with Crippen molar-refractivity contribution in [3.63, 3.8) is 0 Å². The molecule has 1 aromatic carbocycles. The molecule has 1 rings (SSSR count). The van der Waals surface area contributed by atoms with Crippen LogP contribution in [0.5, 0.6) is 5.75 Å². The molecule has 3 heteroatoms. The average molecular weight is 274 g/mol. The van der Waals surface area contributed by atoms with E-state index in [9.17, 15) is 0 Å². The summed E-state index contributed by atoms with van der Waals surface area (Å²) in [5, 5.41) is 12.1. The van der Waals surface area contributed by atoms with Crippen LogP contribution in [0, 0.1) is 11.3 Å². The first-order valence-electron chi connectivity index (χ1n) is 7.66. The number of hydrogen-bond donors (Lipinski definition) is 1. The Kier molecular flexibility index (Phi) is 8.30. The van der Waals surface area contributed by atoms with E-state index >= 15 is 0 Å². The summed E-state index contributed by atoms with van der Waals surface area (Å²) in [6.45, 7) is 5.04. The minimum absolute atomic E-state index is 0.531. The van der Waals surface area contributed by atoms with Gasteiger partial charge in [0.15, 0.2) is 0 Å². The number of benzene rings is 1. The van der Waals surface area contributed by atoms with Gasteiger partial charge < -0.3 is 10.1 Å². The summed E-state index contributed by atoms with van der Waals surface area (Å²) < 4.78 is 5.65. The Hall–Kier alpha value is -1.69. The van der Waals surface area contributed by atoms with Crippen molar-refractivity contribution in [3.05, 3.63) is 24.3 Å². The van der Waals surface area contributed by atoms with E-state index in [0.29, 0.717) is 19.1 Å². The Morgan fingerprint density at radius 1 is 1.30 bits per heavy atom. The summed E-state index contributed by atoms with van der Waals surface area (Å²) in [7, 11) is 0. The number of anilines is 1. The van der Waals surface area contributed by atoms with E-state index < -0.39 is 0 Å². The van der Waals surface area contributed by atoms with E-state index in [1.807, 2.05) is 18.2 Å². The SMILES string of the molecule is CCCCC(CC)Nc1cccc(OCCCC#N)c1. The van der Waals surface area contributed by atoms with Crippen LogP contribution in [-0.4, -0.2) is 12.6 Å². The van der Waals surface area contributed by atoms with Gasteiger partial charge in [0.25, 0.3) is 0 Å². The quantitative estimate of drug-likeness (QED) is 0.626. The lowest BCUT2D eigenvalue weighted by molar-refractivity contribution is 0.313. The van der Waals surface area contributed by atoms with Crippen LogP contribution in [0.4, 0.5) is 5.69 Å². The van der Waals surface area contributed by atoms with E-state index in [4.69, 9.17) is 10.00 Å². The molecule has 0 amide bonds. The highest BCUT2D eigenvalue weighted by Crippen LogP contribution is 2.20. The molecule has 0 spiro atoms. The molecule has 1 N–H and O–H groups in total. The third-order valence-electron chi connectivity index (χ3n) is 3.31. The van der Waals surface area contributed by atoms with Gasteiger partial charge in [-0.3, -0.25) is 0 Å². The number of rotatable bonds is 10. The minimum Gasteiger partial charge on any atom is -0.493 e. The van der Waals surface area contributed by atoms with Crippen molar-refractivity contribution in [3.8, 4) is 11.8 Å². The Morgan fingerprint density at radius 2 is 2.15 bits per heavy atom. The molecule has 1 unspecified atom stereocenters. The minimum atomic E-state index is 0.531. The molecule has 0 heterocycles. The molecule has 0 aliphatic carbocycles. The highest BCUT2D eigenvalue weighted by molar-refractivity contribution is 5.48. The summed E-state index contributed by atoms with van der Waals surface area (Å²) in [4.78, 5) is 0. The van der Waals surface area contributed by atoms with Crippen LogP contribution < -0.4 is 10.1 Å². The van der Waals surface area contributed by atoms with Crippen LogP contribution in [0.2, 0.25) is 0 Å². The first-order valence-corrected chi connectivity index (χ1v) is 7.66. The fraction of sp³-hybridized carbons (Fsp3) is 0.588. The number of unbranched alkanes of at least 4 members (excludes halogenated alkanes) is 2. The molecule has 0 aliphatic heterocycles. The fourth-order valence-corrected chi connectivity index (χ4v) is 2.08. The lowest BCUT2D eigenvalue weighted by Crippen LogP contribution is -2.18. The molecule has 3 nitrogen and oxygen atoms in total. The van der Waals surface area contributed by atoms with Crippen LogP contribution >= 0.6 is 0 Å². The van der Waals surface area contributed by atoms with Crippen molar-refractivity contribution >= 4 is 5.69 Å². The number of nitrogens with one attached hydrogen (secondary N) is 1. The fourth-order valence-electron chi connectivity index (χ4n) is 2.08. The van der Waals surface area contributed by atoms with Gasteiger partial charge in [0.05, 0.1) is 12.7 Å². The molecule has 0 bridgehead atoms. The van der Waals surface area contributed by atoms with Gasteiger partial charge in [-0.25, -0.2) is 0 Å². The molecule has 0 aliphatic rings. The summed E-state index contributed by atoms with van der Waals surface area (Å²) >= 11 is 0. The van der Waals surface area contributed by atoms with Crippen molar-refractivity contribution in [2.75, 3.05) is 11.9 Å². The summed E-state index contributed by atoms with van der Waals surface area (Å²) in [5.74, 6) is 0.873. The van der Waals surface area contributed by atoms with E-state index in [0.717, 1.165) is 24.3 Å². The summed E-state index contributed by atoms with van der Waals surface area (Å²) in [6, 6.07) is 10.8. The molecular weight excluding hydrogens is 248 g/mol. The molecule has 0 aromatic heterocycles. The zero-order valence-electron chi connectivity index (χ0n) is 12.7. The molecule has 0 fully saturated rings. The summed E-state index contributed by atoms with van der Waals surface area (Å²) in [6.07, 6.45) is 6.17. The second-order valence-corrected chi connectivity index (χ2v) is 5.03. The number of nitrogens with zero attached hydrogens (tertiary/aromatic N) is 1. The van der Waals surface area contributed by atoms with Gasteiger partial charge >= 0.3 is 0 Å². The van der Waals surface area contributed by atoms with E-state index in [1.165, 1.54) is 19.3 Å². The van der Waals surface area contributed by atoms with Gasteiger partial charge in [0.1, 0.15) is 5.75 Å². The maximum Gasteiger partial charge on any atom is 0.121 e. The van der Waals surface area contributed by atoms with Gasteiger partial charge in [-0.05, 0) is 31.4 Å². The number of ether oxygens (including phenoxy) is 1. The maximum atomic E-state index is 8.49. The normalized spacial score (nSPS) is 11.7. The first kappa shape index (κ1) is 16.4. The van der Waals surface area contributed by atoms with Crippen molar-refractivity contribution in [1.82, 2.24) is 0 Å². The second kappa shape index (κ2) is 10.1. The van der Waals surface area contributed by atoms with Crippen molar-refractivity contribution < 1.29 is 4.74 Å². The lowest BCUT2D eigenvalue weighted by atomic mass is 10.1. The predicted octanol–water partition coefficient (Wildman–Crippen LogP) is 4.75. The largest absolute Gasteiger partial charge is 0.493 e. The molecule has 0 saturated carbocycles. The topological polar surface area (TPSA) is 45.0 Å². The van der Waals surface area contributed by atoms with Gasteiger partial charge in [0.2, 0.25) is 0 Å². The Balaban J connectivity index is 2.47. The van der Waals surface area contributed by atoms with Gasteiger partial charge in [0, 0.05) is 24.2 Å². The van der Waals surface area contributed by atoms with E-state index in [2.05, 4.69) is 31.3 Å². The first-order chi connectivity index (χ1) is 9.80. The zero-order valence-corrected chi connectivity index (χ0v) is 12.7. The summed E-state index contributed by atoms with van der Waals surface area (Å²) in [5.41, 5.74) is 1.12. The van der Waals surface area contributed by atoms with Gasteiger partial charge in [-0.15, -0.1) is 0 Å². The molecule has 20 heavy (non-hydrogen) atoms. The van der Waals surface area contributed by atoms with Crippen molar-refractivity contribution in [1.29, 1.82) is 5.26 Å². The Morgan fingerprint density at radius 3 is 2.85 bits per heavy atom. The average Bonchev–Trinajstić information content (AvgIpc) is 2.48. The van der Waals surface area contributed by atoms with Crippen LogP contribution in [0.1, 0.15) is 52.4 Å². The molecule has 0 saturated heterocycles. The lowest BCUT2D eigenvalue weighted by Gasteiger charge is -2.18. The molecule has 1 aromatic rings. The maximum absolute atomic E-state index is 8.49. The van der Waals surface area contributed by atoms with Crippen LogP contribution in [0.3, 0.4) is 0 Å².